The maximum Gasteiger partial charge on any atom is 0.252 e. The predicted octanol–water partition coefficient (Wildman–Crippen LogP) is 4.53. The molecule has 1 aliphatic rings. The molecular weight excluding hydrogens is 475 g/mol. The van der Waals surface area contributed by atoms with Crippen molar-refractivity contribution in [3.63, 3.8) is 0 Å². The lowest BCUT2D eigenvalue weighted by atomic mass is 9.80. The number of halogens is 2. The van der Waals surface area contributed by atoms with Gasteiger partial charge in [0.2, 0.25) is 5.91 Å². The van der Waals surface area contributed by atoms with Crippen LogP contribution in [0.2, 0.25) is 10.0 Å². The molecular formula is C25H22Cl2N4O3. The van der Waals surface area contributed by atoms with Gasteiger partial charge in [-0.15, -0.1) is 0 Å². The third kappa shape index (κ3) is 4.58. The normalized spacial score (nSPS) is 18.6. The van der Waals surface area contributed by atoms with Crippen molar-refractivity contribution in [3.05, 3.63) is 105 Å². The van der Waals surface area contributed by atoms with Gasteiger partial charge in [0.05, 0.1) is 18.0 Å². The molecule has 2 amide bonds. The van der Waals surface area contributed by atoms with E-state index in [0.29, 0.717) is 32.3 Å². The molecule has 7 nitrogen and oxygen atoms in total. The van der Waals surface area contributed by atoms with E-state index in [0.717, 1.165) is 5.56 Å². The molecule has 0 spiro atoms. The highest BCUT2D eigenvalue weighted by Gasteiger charge is 2.40. The first kappa shape index (κ1) is 23.6. The van der Waals surface area contributed by atoms with Crippen molar-refractivity contribution in [2.75, 3.05) is 0 Å². The third-order valence-electron chi connectivity index (χ3n) is 5.91. The molecule has 0 bridgehead atoms. The van der Waals surface area contributed by atoms with Gasteiger partial charge in [0.1, 0.15) is 0 Å². The van der Waals surface area contributed by atoms with Crippen molar-refractivity contribution >= 4 is 40.9 Å². The monoisotopic (exact) mass is 496 g/mol. The van der Waals surface area contributed by atoms with Crippen LogP contribution in [-0.2, 0) is 4.79 Å². The highest BCUT2D eigenvalue weighted by Crippen LogP contribution is 2.40. The summed E-state index contributed by atoms with van der Waals surface area (Å²) in [5.74, 6) is -1.26. The minimum absolute atomic E-state index is 0.000442. The average molecular weight is 497 g/mol. The third-order valence-corrected chi connectivity index (χ3v) is 6.48. The molecule has 0 aromatic heterocycles. The van der Waals surface area contributed by atoms with E-state index in [1.54, 1.807) is 66.7 Å². The lowest BCUT2D eigenvalue weighted by molar-refractivity contribution is -0.124. The van der Waals surface area contributed by atoms with Gasteiger partial charge in [-0.1, -0.05) is 76.9 Å². The summed E-state index contributed by atoms with van der Waals surface area (Å²) in [6.07, 6.45) is 0. The first-order valence-corrected chi connectivity index (χ1v) is 11.3. The lowest BCUT2D eigenvalue weighted by Crippen LogP contribution is -2.45. The average Bonchev–Trinajstić information content (AvgIpc) is 2.83. The van der Waals surface area contributed by atoms with Gasteiger partial charge in [-0.2, -0.15) is 0 Å². The van der Waals surface area contributed by atoms with Crippen LogP contribution in [-0.4, -0.2) is 22.9 Å². The number of fused-ring (bicyclic) bond motifs is 1. The minimum atomic E-state index is -0.716. The second-order valence-electron chi connectivity index (χ2n) is 8.02. The molecule has 1 aliphatic heterocycles. The Bertz CT molecular complexity index is 1280. The Morgan fingerprint density at radius 2 is 1.79 bits per heavy atom. The van der Waals surface area contributed by atoms with E-state index in [1.807, 2.05) is 6.92 Å². The van der Waals surface area contributed by atoms with Crippen molar-refractivity contribution in [1.29, 1.82) is 0 Å². The summed E-state index contributed by atoms with van der Waals surface area (Å²) in [5.41, 5.74) is 8.68. The Morgan fingerprint density at radius 3 is 2.47 bits per heavy atom. The van der Waals surface area contributed by atoms with Crippen LogP contribution in [0.15, 0.2) is 71.9 Å². The second kappa shape index (κ2) is 9.75. The molecule has 5 N–H and O–H groups in total. The van der Waals surface area contributed by atoms with Crippen molar-refractivity contribution in [2.24, 2.45) is 10.9 Å². The zero-order chi connectivity index (χ0) is 24.4. The summed E-state index contributed by atoms with van der Waals surface area (Å²) in [6.45, 7) is 1.86. The zero-order valence-corrected chi connectivity index (χ0v) is 19.6. The van der Waals surface area contributed by atoms with Crippen LogP contribution in [0, 0.1) is 0 Å². The number of hydrogen-bond donors (Lipinski definition) is 4. The molecule has 174 valence electrons. The standard InChI is InChI=1S/C25H22Cl2N4O3/c1-13(14-6-8-15(9-7-14)23(28)31-34)29-25(33)21-17-4-2-3-5-18(17)24(32)30-22(21)19-11-10-16(26)12-20(19)27/h2-13,21-22,34H,1H3,(H2,28,31)(H,29,33)(H,30,32)/t13?,21-,22+/m1/s1. The highest BCUT2D eigenvalue weighted by atomic mass is 35.5. The summed E-state index contributed by atoms with van der Waals surface area (Å²) >= 11 is 12.5. The van der Waals surface area contributed by atoms with Crippen molar-refractivity contribution in [1.82, 2.24) is 10.6 Å². The van der Waals surface area contributed by atoms with Gasteiger partial charge in [-0.05, 0) is 41.8 Å². The van der Waals surface area contributed by atoms with Crippen molar-refractivity contribution in [2.45, 2.75) is 24.9 Å². The quantitative estimate of drug-likeness (QED) is 0.179. The topological polar surface area (TPSA) is 117 Å². The van der Waals surface area contributed by atoms with E-state index >= 15 is 0 Å². The number of amidine groups is 1. The van der Waals surface area contributed by atoms with E-state index in [-0.39, 0.29) is 23.7 Å². The van der Waals surface area contributed by atoms with Gasteiger partial charge >= 0.3 is 0 Å². The maximum absolute atomic E-state index is 13.6. The van der Waals surface area contributed by atoms with Gasteiger partial charge in [0.15, 0.2) is 5.84 Å². The number of nitrogens with two attached hydrogens (primary N) is 1. The lowest BCUT2D eigenvalue weighted by Gasteiger charge is -2.34. The van der Waals surface area contributed by atoms with Crippen LogP contribution >= 0.6 is 23.2 Å². The number of nitrogens with zero attached hydrogens (tertiary/aromatic N) is 1. The molecule has 4 rings (SSSR count). The van der Waals surface area contributed by atoms with Crippen LogP contribution < -0.4 is 16.4 Å². The van der Waals surface area contributed by atoms with Crippen LogP contribution in [0.25, 0.3) is 0 Å². The van der Waals surface area contributed by atoms with Crippen LogP contribution in [0.1, 0.15) is 57.5 Å². The largest absolute Gasteiger partial charge is 0.409 e. The van der Waals surface area contributed by atoms with Gasteiger partial charge in [-0.3, -0.25) is 9.59 Å². The number of carbonyl (C=O) groups excluding carboxylic acids is 2. The number of benzene rings is 3. The number of hydrogen-bond acceptors (Lipinski definition) is 4. The Kier molecular flexibility index (Phi) is 6.77. The minimum Gasteiger partial charge on any atom is -0.409 e. The fourth-order valence-corrected chi connectivity index (χ4v) is 4.67. The molecule has 0 fully saturated rings. The number of nitrogens with one attached hydrogen (secondary N) is 2. The Morgan fingerprint density at radius 1 is 1.09 bits per heavy atom. The first-order chi connectivity index (χ1) is 16.3. The molecule has 1 unspecified atom stereocenters. The van der Waals surface area contributed by atoms with Crippen LogP contribution in [0.4, 0.5) is 0 Å². The molecule has 0 radical (unpaired) electrons. The second-order valence-corrected chi connectivity index (χ2v) is 8.86. The summed E-state index contributed by atoms with van der Waals surface area (Å²) in [5, 5.41) is 18.6. The molecule has 0 saturated carbocycles. The molecule has 1 heterocycles. The fourth-order valence-electron chi connectivity index (χ4n) is 4.15. The predicted molar refractivity (Wildman–Crippen MR) is 131 cm³/mol. The van der Waals surface area contributed by atoms with Crippen LogP contribution in [0.5, 0.6) is 0 Å². The van der Waals surface area contributed by atoms with E-state index in [9.17, 15) is 9.59 Å². The number of carbonyl (C=O) groups is 2. The van der Waals surface area contributed by atoms with Crippen molar-refractivity contribution in [3.8, 4) is 0 Å². The number of oxime groups is 1. The van der Waals surface area contributed by atoms with Crippen LogP contribution in [0.3, 0.4) is 0 Å². The molecule has 9 heteroatoms. The molecule has 3 aromatic rings. The summed E-state index contributed by atoms with van der Waals surface area (Å²) < 4.78 is 0. The van der Waals surface area contributed by atoms with Gasteiger partial charge < -0.3 is 21.6 Å². The molecule has 3 aromatic carbocycles. The highest BCUT2D eigenvalue weighted by molar-refractivity contribution is 6.35. The molecule has 0 aliphatic carbocycles. The Balaban J connectivity index is 1.67. The van der Waals surface area contributed by atoms with E-state index in [1.165, 1.54) is 0 Å². The van der Waals surface area contributed by atoms with Gasteiger partial charge in [0, 0.05) is 21.2 Å². The maximum atomic E-state index is 13.6. The molecule has 3 atom stereocenters. The fraction of sp³-hybridized carbons (Fsp3) is 0.160. The molecule has 34 heavy (non-hydrogen) atoms. The summed E-state index contributed by atoms with van der Waals surface area (Å²) in [4.78, 5) is 26.5. The van der Waals surface area contributed by atoms with Gasteiger partial charge in [0.25, 0.3) is 5.91 Å². The van der Waals surface area contributed by atoms with E-state index < -0.39 is 12.0 Å². The summed E-state index contributed by atoms with van der Waals surface area (Å²) in [7, 11) is 0. The Hall–Kier alpha value is -3.55. The zero-order valence-electron chi connectivity index (χ0n) is 18.1. The number of amides is 2. The summed E-state index contributed by atoms with van der Waals surface area (Å²) in [6, 6.07) is 18.0. The van der Waals surface area contributed by atoms with E-state index in [2.05, 4.69) is 15.8 Å². The Labute approximate surface area is 206 Å². The SMILES string of the molecule is CC(NC(=O)[C@@H]1c2ccccc2C(=O)N[C@H]1c1ccc(Cl)cc1Cl)c1ccc(/C(N)=N/O)cc1. The van der Waals surface area contributed by atoms with Gasteiger partial charge in [-0.25, -0.2) is 0 Å². The smallest absolute Gasteiger partial charge is 0.252 e. The first-order valence-electron chi connectivity index (χ1n) is 10.5. The van der Waals surface area contributed by atoms with Crippen molar-refractivity contribution < 1.29 is 14.8 Å². The molecule has 0 saturated heterocycles. The van der Waals surface area contributed by atoms with E-state index in [4.69, 9.17) is 34.1 Å². The number of rotatable bonds is 5.